The number of hydrogen-bond donors (Lipinski definition) is 1. The summed E-state index contributed by atoms with van der Waals surface area (Å²) >= 11 is 0. The van der Waals surface area contributed by atoms with Crippen molar-refractivity contribution in [2.24, 2.45) is 0 Å². The molecule has 2 rings (SSSR count). The fourth-order valence-corrected chi connectivity index (χ4v) is 2.80. The van der Waals surface area contributed by atoms with Crippen molar-refractivity contribution in [3.63, 3.8) is 0 Å². The highest BCUT2D eigenvalue weighted by molar-refractivity contribution is 5.58. The number of rotatable bonds is 6. The Balaban J connectivity index is 2.08. The van der Waals surface area contributed by atoms with Gasteiger partial charge in [0.2, 0.25) is 0 Å². The molecule has 3 heteroatoms. The van der Waals surface area contributed by atoms with E-state index in [1.165, 1.54) is 5.56 Å². The average molecular weight is 291 g/mol. The van der Waals surface area contributed by atoms with Crippen LogP contribution in [-0.2, 0) is 4.74 Å². The maximum Gasteiger partial charge on any atom is 0.142 e. The second-order valence-electron chi connectivity index (χ2n) is 6.33. The molecule has 2 unspecified atom stereocenters. The number of ether oxygens (including phenoxy) is 2. The van der Waals surface area contributed by atoms with Crippen LogP contribution in [0.4, 0.5) is 5.69 Å². The predicted molar refractivity (Wildman–Crippen MR) is 88.3 cm³/mol. The minimum atomic E-state index is 0.00501. The Morgan fingerprint density at radius 3 is 2.90 bits per heavy atom. The summed E-state index contributed by atoms with van der Waals surface area (Å²) in [6.45, 7) is 10.2. The smallest absolute Gasteiger partial charge is 0.142 e. The molecule has 1 saturated heterocycles. The molecule has 3 nitrogen and oxygen atoms in total. The largest absolute Gasteiger partial charge is 0.491 e. The Morgan fingerprint density at radius 2 is 2.19 bits per heavy atom. The van der Waals surface area contributed by atoms with Crippen molar-refractivity contribution in [3.05, 3.63) is 23.8 Å². The maximum absolute atomic E-state index is 5.93. The van der Waals surface area contributed by atoms with Crippen LogP contribution in [0.2, 0.25) is 0 Å². The van der Waals surface area contributed by atoms with Crippen molar-refractivity contribution in [2.75, 3.05) is 18.5 Å². The van der Waals surface area contributed by atoms with Crippen LogP contribution in [0.25, 0.3) is 0 Å². The summed E-state index contributed by atoms with van der Waals surface area (Å²) < 4.78 is 11.8. The molecule has 1 aliphatic heterocycles. The van der Waals surface area contributed by atoms with E-state index < -0.39 is 0 Å². The van der Waals surface area contributed by atoms with Gasteiger partial charge in [-0.2, -0.15) is 0 Å². The lowest BCUT2D eigenvalue weighted by molar-refractivity contribution is -0.0709. The zero-order valence-corrected chi connectivity index (χ0v) is 13.9. The highest BCUT2D eigenvalue weighted by atomic mass is 16.5. The van der Waals surface area contributed by atoms with E-state index in [0.29, 0.717) is 6.04 Å². The summed E-state index contributed by atoms with van der Waals surface area (Å²) in [7, 11) is 0. The van der Waals surface area contributed by atoms with Gasteiger partial charge < -0.3 is 14.8 Å². The third-order valence-corrected chi connectivity index (χ3v) is 4.30. The summed E-state index contributed by atoms with van der Waals surface area (Å²) in [6.07, 6.45) is 4.18. The zero-order valence-electron chi connectivity index (χ0n) is 13.9. The van der Waals surface area contributed by atoms with Gasteiger partial charge in [-0.15, -0.1) is 0 Å². The molecule has 0 saturated carbocycles. The van der Waals surface area contributed by atoms with E-state index >= 15 is 0 Å². The monoisotopic (exact) mass is 291 g/mol. The van der Waals surface area contributed by atoms with Gasteiger partial charge in [0, 0.05) is 12.6 Å². The fraction of sp³-hybridized carbons (Fsp3) is 0.667. The third-order valence-electron chi connectivity index (χ3n) is 4.30. The highest BCUT2D eigenvalue weighted by Crippen LogP contribution is 2.32. The van der Waals surface area contributed by atoms with E-state index in [0.717, 1.165) is 50.3 Å². The molecule has 0 spiro atoms. The van der Waals surface area contributed by atoms with Crippen LogP contribution in [0.15, 0.2) is 18.2 Å². The van der Waals surface area contributed by atoms with Crippen LogP contribution in [0.3, 0.4) is 0 Å². The molecule has 0 aromatic heterocycles. The van der Waals surface area contributed by atoms with Crippen molar-refractivity contribution in [1.82, 2.24) is 0 Å². The summed E-state index contributed by atoms with van der Waals surface area (Å²) in [5, 5.41) is 3.67. The normalized spacial score (nSPS) is 25.6. The molecule has 0 amide bonds. The van der Waals surface area contributed by atoms with Gasteiger partial charge in [0.1, 0.15) is 5.75 Å². The number of nitrogens with one attached hydrogen (secondary N) is 1. The zero-order chi connectivity index (χ0) is 15.3. The van der Waals surface area contributed by atoms with E-state index in [2.05, 4.69) is 51.2 Å². The highest BCUT2D eigenvalue weighted by Gasteiger charge is 2.31. The van der Waals surface area contributed by atoms with Crippen LogP contribution in [0.5, 0.6) is 5.75 Å². The Labute approximate surface area is 129 Å². The molecule has 1 aromatic carbocycles. The SMILES string of the molecule is CCCOc1cc(C)ccc1NC1CCOC(C)(CC)C1. The van der Waals surface area contributed by atoms with Gasteiger partial charge in [0.05, 0.1) is 17.9 Å². The van der Waals surface area contributed by atoms with Gasteiger partial charge in [-0.25, -0.2) is 0 Å². The van der Waals surface area contributed by atoms with Crippen LogP contribution in [0, 0.1) is 6.92 Å². The third kappa shape index (κ3) is 4.37. The van der Waals surface area contributed by atoms with Crippen molar-refractivity contribution >= 4 is 5.69 Å². The van der Waals surface area contributed by atoms with Crippen molar-refractivity contribution in [3.8, 4) is 5.75 Å². The Kier molecular flexibility index (Phi) is 5.51. The van der Waals surface area contributed by atoms with E-state index in [-0.39, 0.29) is 5.60 Å². The Hall–Kier alpha value is -1.22. The Bertz CT molecular complexity index is 461. The molecular formula is C18H29NO2. The lowest BCUT2D eigenvalue weighted by Crippen LogP contribution is -2.41. The molecule has 118 valence electrons. The van der Waals surface area contributed by atoms with Gasteiger partial charge in [-0.1, -0.05) is 19.9 Å². The van der Waals surface area contributed by atoms with E-state index in [9.17, 15) is 0 Å². The van der Waals surface area contributed by atoms with Crippen LogP contribution < -0.4 is 10.1 Å². The van der Waals surface area contributed by atoms with Crippen LogP contribution in [0.1, 0.15) is 52.0 Å². The lowest BCUT2D eigenvalue weighted by atomic mass is 9.90. The fourth-order valence-electron chi connectivity index (χ4n) is 2.80. The van der Waals surface area contributed by atoms with Gasteiger partial charge in [0.15, 0.2) is 0 Å². The molecule has 1 fully saturated rings. The molecule has 1 aromatic rings. The summed E-state index contributed by atoms with van der Waals surface area (Å²) in [6, 6.07) is 6.85. The van der Waals surface area contributed by atoms with Gasteiger partial charge in [0.25, 0.3) is 0 Å². The molecule has 21 heavy (non-hydrogen) atoms. The van der Waals surface area contributed by atoms with Crippen LogP contribution >= 0.6 is 0 Å². The quantitative estimate of drug-likeness (QED) is 0.834. The maximum atomic E-state index is 5.93. The molecule has 0 radical (unpaired) electrons. The van der Waals surface area contributed by atoms with E-state index in [4.69, 9.17) is 9.47 Å². The molecule has 0 aliphatic carbocycles. The average Bonchev–Trinajstić information content (AvgIpc) is 2.47. The number of hydrogen-bond acceptors (Lipinski definition) is 3. The summed E-state index contributed by atoms with van der Waals surface area (Å²) in [5.41, 5.74) is 2.35. The molecule has 1 N–H and O–H groups in total. The second-order valence-corrected chi connectivity index (χ2v) is 6.33. The first-order valence-electron chi connectivity index (χ1n) is 8.20. The first-order valence-corrected chi connectivity index (χ1v) is 8.20. The predicted octanol–water partition coefficient (Wildman–Crippen LogP) is 4.54. The van der Waals surface area contributed by atoms with Gasteiger partial charge in [-0.3, -0.25) is 0 Å². The molecule has 1 heterocycles. The van der Waals surface area contributed by atoms with Crippen LogP contribution in [-0.4, -0.2) is 24.9 Å². The topological polar surface area (TPSA) is 30.5 Å². The van der Waals surface area contributed by atoms with Crippen molar-refractivity contribution < 1.29 is 9.47 Å². The lowest BCUT2D eigenvalue weighted by Gasteiger charge is -2.38. The number of aryl methyl sites for hydroxylation is 1. The summed E-state index contributed by atoms with van der Waals surface area (Å²) in [4.78, 5) is 0. The first kappa shape index (κ1) is 16.2. The minimum absolute atomic E-state index is 0.00501. The van der Waals surface area contributed by atoms with Crippen molar-refractivity contribution in [1.29, 1.82) is 0 Å². The number of benzene rings is 1. The minimum Gasteiger partial charge on any atom is -0.491 e. The molecule has 0 bridgehead atoms. The molecule has 1 aliphatic rings. The van der Waals surface area contributed by atoms with E-state index in [1.807, 2.05) is 0 Å². The standard InChI is InChI=1S/C18H29NO2/c1-5-10-20-17-12-14(3)7-8-16(17)19-15-9-11-21-18(4,6-2)13-15/h7-8,12,15,19H,5-6,9-11,13H2,1-4H3. The Morgan fingerprint density at radius 1 is 1.38 bits per heavy atom. The van der Waals surface area contributed by atoms with Crippen molar-refractivity contribution in [2.45, 2.75) is 65.0 Å². The molecular weight excluding hydrogens is 262 g/mol. The number of anilines is 1. The molecule has 2 atom stereocenters. The summed E-state index contributed by atoms with van der Waals surface area (Å²) in [5.74, 6) is 0.974. The van der Waals surface area contributed by atoms with Gasteiger partial charge >= 0.3 is 0 Å². The van der Waals surface area contributed by atoms with E-state index in [1.54, 1.807) is 0 Å². The van der Waals surface area contributed by atoms with Gasteiger partial charge in [-0.05, 0) is 57.2 Å². The second kappa shape index (κ2) is 7.17. The first-order chi connectivity index (χ1) is 10.1.